The van der Waals surface area contributed by atoms with Crippen molar-refractivity contribution in [2.45, 2.75) is 71.1 Å². The molecule has 0 spiro atoms. The normalized spacial score (nSPS) is 11.9. The molecule has 0 nitrogen and oxygen atoms in total. The van der Waals surface area contributed by atoms with E-state index in [-0.39, 0.29) is 0 Å². The minimum atomic E-state index is 1.10. The van der Waals surface area contributed by atoms with E-state index < -0.39 is 0 Å². The van der Waals surface area contributed by atoms with Gasteiger partial charge in [-0.25, -0.2) is 0 Å². The second-order valence-corrected chi connectivity index (χ2v) is 4.34. The Balaban J connectivity index is 3.06. The maximum absolute atomic E-state index is 3.86. The summed E-state index contributed by atoms with van der Waals surface area (Å²) < 4.78 is 0. The molecule has 0 heteroatoms. The zero-order valence-corrected chi connectivity index (χ0v) is 11.1. The summed E-state index contributed by atoms with van der Waals surface area (Å²) in [6, 6.07) is 0. The molecule has 1 radical (unpaired) electrons. The summed E-state index contributed by atoms with van der Waals surface area (Å²) in [6.45, 7) is 6.04. The Bertz CT molecular complexity index is 165. The van der Waals surface area contributed by atoms with Crippen LogP contribution in [0.1, 0.15) is 71.1 Å². The van der Waals surface area contributed by atoms with Crippen LogP contribution in [0.25, 0.3) is 0 Å². The molecular formula is C16H29. The van der Waals surface area contributed by atoms with Gasteiger partial charge in [-0.3, -0.25) is 0 Å². The van der Waals surface area contributed by atoms with Crippen LogP contribution in [0.3, 0.4) is 0 Å². The fraction of sp³-hybridized carbons (Fsp3) is 0.688. The lowest BCUT2D eigenvalue weighted by Crippen LogP contribution is -1.77. The highest BCUT2D eigenvalue weighted by atomic mass is 13.9. The van der Waals surface area contributed by atoms with Gasteiger partial charge in [0.15, 0.2) is 0 Å². The lowest BCUT2D eigenvalue weighted by atomic mass is 10.1. The molecule has 0 aliphatic heterocycles. The highest BCUT2D eigenvalue weighted by molar-refractivity contribution is 4.87. The topological polar surface area (TPSA) is 0 Å². The van der Waals surface area contributed by atoms with Gasteiger partial charge in [0.25, 0.3) is 0 Å². The number of unbranched alkanes of at least 4 members (excludes halogenated alkanes) is 7. The Labute approximate surface area is 103 Å². The van der Waals surface area contributed by atoms with Gasteiger partial charge in [0.1, 0.15) is 0 Å². The van der Waals surface area contributed by atoms with Gasteiger partial charge in [0.2, 0.25) is 0 Å². The monoisotopic (exact) mass is 221 g/mol. The first-order valence-electron chi connectivity index (χ1n) is 7.01. The van der Waals surface area contributed by atoms with Crippen molar-refractivity contribution in [3.63, 3.8) is 0 Å². The van der Waals surface area contributed by atoms with Gasteiger partial charge in [-0.2, -0.15) is 0 Å². The third kappa shape index (κ3) is 13.5. The lowest BCUT2D eigenvalue weighted by molar-refractivity contribution is 0.621. The molecule has 0 N–H and O–H groups in total. The van der Waals surface area contributed by atoms with Crippen molar-refractivity contribution in [3.8, 4) is 0 Å². The first-order chi connectivity index (χ1) is 7.91. The van der Waals surface area contributed by atoms with Crippen LogP contribution in [0.5, 0.6) is 0 Å². The van der Waals surface area contributed by atoms with Crippen LogP contribution in [-0.2, 0) is 0 Å². The van der Waals surface area contributed by atoms with Crippen LogP contribution >= 0.6 is 0 Å². The second-order valence-electron chi connectivity index (χ2n) is 4.34. The number of rotatable bonds is 11. The zero-order valence-electron chi connectivity index (χ0n) is 11.1. The Hall–Kier alpha value is -0.520. The SMILES string of the molecule is [CH2]CCCCCCCC=CCCC=CCC. The van der Waals surface area contributed by atoms with Crippen LogP contribution in [0.2, 0.25) is 0 Å². The maximum atomic E-state index is 3.86. The van der Waals surface area contributed by atoms with Crippen molar-refractivity contribution in [3.05, 3.63) is 31.2 Å². The van der Waals surface area contributed by atoms with Crippen LogP contribution in [0, 0.1) is 6.92 Å². The number of hydrogen-bond donors (Lipinski definition) is 0. The summed E-state index contributed by atoms with van der Waals surface area (Å²) in [5.74, 6) is 0. The predicted octanol–water partition coefficient (Wildman–Crippen LogP) is 5.85. The summed E-state index contributed by atoms with van der Waals surface area (Å²) >= 11 is 0. The van der Waals surface area contributed by atoms with E-state index >= 15 is 0 Å². The average Bonchev–Trinajstić information content (AvgIpc) is 2.31. The molecule has 0 aliphatic rings. The van der Waals surface area contributed by atoms with Gasteiger partial charge in [0, 0.05) is 0 Å². The number of allylic oxidation sites excluding steroid dienone is 4. The van der Waals surface area contributed by atoms with Crippen molar-refractivity contribution in [1.82, 2.24) is 0 Å². The molecule has 0 amide bonds. The molecule has 0 bridgehead atoms. The van der Waals surface area contributed by atoms with Crippen LogP contribution < -0.4 is 0 Å². The molecule has 0 aliphatic carbocycles. The van der Waals surface area contributed by atoms with Crippen molar-refractivity contribution in [2.75, 3.05) is 0 Å². The van der Waals surface area contributed by atoms with E-state index in [1.165, 1.54) is 51.4 Å². The van der Waals surface area contributed by atoms with Crippen molar-refractivity contribution in [1.29, 1.82) is 0 Å². The van der Waals surface area contributed by atoms with Gasteiger partial charge in [0.05, 0.1) is 0 Å². The summed E-state index contributed by atoms with van der Waals surface area (Å²) in [5.41, 5.74) is 0. The molecular weight excluding hydrogens is 192 g/mol. The minimum Gasteiger partial charge on any atom is -0.0888 e. The fourth-order valence-electron chi connectivity index (χ4n) is 1.68. The van der Waals surface area contributed by atoms with E-state index in [9.17, 15) is 0 Å². The molecule has 0 heterocycles. The Morgan fingerprint density at radius 2 is 1.25 bits per heavy atom. The van der Waals surface area contributed by atoms with Crippen molar-refractivity contribution >= 4 is 0 Å². The largest absolute Gasteiger partial charge is 0.0888 e. The molecule has 93 valence electrons. The summed E-state index contributed by atoms with van der Waals surface area (Å²) in [7, 11) is 0. The molecule has 0 fully saturated rings. The first kappa shape index (κ1) is 15.5. The first-order valence-corrected chi connectivity index (χ1v) is 7.01. The Kier molecular flexibility index (Phi) is 14.0. The molecule has 0 saturated heterocycles. The van der Waals surface area contributed by atoms with E-state index in [0.717, 1.165) is 12.8 Å². The molecule has 0 unspecified atom stereocenters. The van der Waals surface area contributed by atoms with E-state index in [1.807, 2.05) is 0 Å². The smallest absolute Gasteiger partial charge is 0.0316 e. The zero-order chi connectivity index (χ0) is 11.9. The highest BCUT2D eigenvalue weighted by Gasteiger charge is 1.87. The van der Waals surface area contributed by atoms with Crippen LogP contribution in [-0.4, -0.2) is 0 Å². The van der Waals surface area contributed by atoms with Crippen LogP contribution in [0.4, 0.5) is 0 Å². The average molecular weight is 221 g/mol. The van der Waals surface area contributed by atoms with Gasteiger partial charge in [-0.05, 0) is 32.1 Å². The van der Waals surface area contributed by atoms with E-state index in [4.69, 9.17) is 0 Å². The third-order valence-corrected chi connectivity index (χ3v) is 2.69. The maximum Gasteiger partial charge on any atom is -0.0316 e. The Morgan fingerprint density at radius 1 is 0.688 bits per heavy atom. The standard InChI is InChI=1S/C16H29/c1-3-5-7-9-11-13-15-16-14-12-10-8-6-4-2/h6,8,14,16H,1,3-5,7,9-13,15H2,2H3. The summed E-state index contributed by atoms with van der Waals surface area (Å²) in [4.78, 5) is 0. The van der Waals surface area contributed by atoms with E-state index in [1.54, 1.807) is 0 Å². The second kappa shape index (κ2) is 14.5. The van der Waals surface area contributed by atoms with E-state index in [2.05, 4.69) is 38.2 Å². The fourth-order valence-corrected chi connectivity index (χ4v) is 1.68. The molecule has 0 aromatic carbocycles. The molecule has 0 aromatic heterocycles. The van der Waals surface area contributed by atoms with Gasteiger partial charge >= 0.3 is 0 Å². The summed E-state index contributed by atoms with van der Waals surface area (Å²) in [5, 5.41) is 0. The lowest BCUT2D eigenvalue weighted by Gasteiger charge is -1.97. The quantitative estimate of drug-likeness (QED) is 0.303. The van der Waals surface area contributed by atoms with Crippen LogP contribution in [0.15, 0.2) is 24.3 Å². The molecule has 0 aromatic rings. The molecule has 16 heavy (non-hydrogen) atoms. The van der Waals surface area contributed by atoms with Gasteiger partial charge in [-0.1, -0.05) is 70.3 Å². The Morgan fingerprint density at radius 3 is 1.94 bits per heavy atom. The summed E-state index contributed by atoms with van der Waals surface area (Å²) in [6.07, 6.45) is 22.0. The van der Waals surface area contributed by atoms with Crippen molar-refractivity contribution in [2.24, 2.45) is 0 Å². The van der Waals surface area contributed by atoms with E-state index in [0.29, 0.717) is 0 Å². The number of hydrogen-bond acceptors (Lipinski definition) is 0. The molecule has 0 rings (SSSR count). The van der Waals surface area contributed by atoms with Crippen molar-refractivity contribution < 1.29 is 0 Å². The van der Waals surface area contributed by atoms with Gasteiger partial charge < -0.3 is 0 Å². The minimum absolute atomic E-state index is 1.10. The predicted molar refractivity (Wildman–Crippen MR) is 75.5 cm³/mol. The highest BCUT2D eigenvalue weighted by Crippen LogP contribution is 2.07. The van der Waals surface area contributed by atoms with Gasteiger partial charge in [-0.15, -0.1) is 0 Å². The molecule has 0 atom stereocenters. The molecule has 0 saturated carbocycles. The third-order valence-electron chi connectivity index (χ3n) is 2.69.